The predicted octanol–water partition coefficient (Wildman–Crippen LogP) is 1.43. The van der Waals surface area contributed by atoms with E-state index in [0.717, 1.165) is 0 Å². The Hall–Kier alpha value is -1.35. The fourth-order valence-electron chi connectivity index (χ4n) is 1.26. The van der Waals surface area contributed by atoms with Crippen molar-refractivity contribution < 1.29 is 9.59 Å². The van der Waals surface area contributed by atoms with E-state index in [4.69, 9.17) is 11.6 Å². The average Bonchev–Trinajstić information content (AvgIpc) is 2.15. The first-order valence-electron chi connectivity index (χ1n) is 3.78. The highest BCUT2D eigenvalue weighted by Gasteiger charge is 2.31. The molecule has 0 saturated carbocycles. The Kier molecular flexibility index (Phi) is 1.81. The van der Waals surface area contributed by atoms with Crippen molar-refractivity contribution in [1.82, 2.24) is 0 Å². The van der Waals surface area contributed by atoms with Gasteiger partial charge in [0.1, 0.15) is 0 Å². The molecular formula is C9H6ClNO2. The smallest absolute Gasteiger partial charge is 0.250 e. The third-order valence-corrected chi connectivity index (χ3v) is 2.31. The summed E-state index contributed by atoms with van der Waals surface area (Å²) >= 11 is 5.58. The van der Waals surface area contributed by atoms with Gasteiger partial charge in [-0.2, -0.15) is 0 Å². The number of anilines is 1. The van der Waals surface area contributed by atoms with Crippen LogP contribution in [0.3, 0.4) is 0 Å². The monoisotopic (exact) mass is 195 g/mol. The van der Waals surface area contributed by atoms with E-state index in [9.17, 15) is 9.59 Å². The maximum absolute atomic E-state index is 11.4. The van der Waals surface area contributed by atoms with Crippen molar-refractivity contribution in [3.8, 4) is 0 Å². The number of rotatable bonds is 0. The molecule has 1 heterocycles. The SMILES string of the molecule is O=C1Nc2ccccc2C(=O)C1Cl. The van der Waals surface area contributed by atoms with E-state index in [2.05, 4.69) is 5.32 Å². The number of hydrogen-bond donors (Lipinski definition) is 1. The largest absolute Gasteiger partial charge is 0.324 e. The van der Waals surface area contributed by atoms with Gasteiger partial charge in [0.15, 0.2) is 11.2 Å². The van der Waals surface area contributed by atoms with Crippen molar-refractivity contribution in [3.63, 3.8) is 0 Å². The number of hydrogen-bond acceptors (Lipinski definition) is 2. The van der Waals surface area contributed by atoms with E-state index < -0.39 is 11.3 Å². The van der Waals surface area contributed by atoms with E-state index >= 15 is 0 Å². The van der Waals surface area contributed by atoms with Crippen molar-refractivity contribution in [1.29, 1.82) is 0 Å². The molecule has 1 amide bonds. The molecular weight excluding hydrogens is 190 g/mol. The van der Waals surface area contributed by atoms with Gasteiger partial charge < -0.3 is 5.32 Å². The summed E-state index contributed by atoms with van der Waals surface area (Å²) < 4.78 is 0. The summed E-state index contributed by atoms with van der Waals surface area (Å²) in [6, 6.07) is 6.80. The van der Waals surface area contributed by atoms with E-state index in [1.54, 1.807) is 24.3 Å². The highest BCUT2D eigenvalue weighted by atomic mass is 35.5. The highest BCUT2D eigenvalue weighted by Crippen LogP contribution is 2.24. The van der Waals surface area contributed by atoms with Crippen molar-refractivity contribution in [2.24, 2.45) is 0 Å². The normalized spacial score (nSPS) is 20.8. The summed E-state index contributed by atoms with van der Waals surface area (Å²) in [4.78, 5) is 22.5. The van der Waals surface area contributed by atoms with Gasteiger partial charge in [-0.25, -0.2) is 0 Å². The Bertz CT molecular complexity index is 389. The molecule has 2 rings (SSSR count). The molecule has 66 valence electrons. The maximum Gasteiger partial charge on any atom is 0.250 e. The first-order valence-corrected chi connectivity index (χ1v) is 4.22. The highest BCUT2D eigenvalue weighted by molar-refractivity contribution is 6.47. The van der Waals surface area contributed by atoms with Gasteiger partial charge in [0.25, 0.3) is 0 Å². The Morgan fingerprint density at radius 3 is 2.69 bits per heavy atom. The van der Waals surface area contributed by atoms with E-state index in [-0.39, 0.29) is 5.78 Å². The molecule has 1 aliphatic heterocycles. The second-order valence-corrected chi connectivity index (χ2v) is 3.20. The van der Waals surface area contributed by atoms with Gasteiger partial charge in [-0.3, -0.25) is 9.59 Å². The van der Waals surface area contributed by atoms with Gasteiger partial charge in [0.2, 0.25) is 5.91 Å². The molecule has 1 aromatic rings. The second kappa shape index (κ2) is 2.85. The molecule has 1 unspecified atom stereocenters. The molecule has 0 spiro atoms. The minimum absolute atomic E-state index is 0.332. The summed E-state index contributed by atoms with van der Waals surface area (Å²) in [5, 5.41) is 1.46. The fourth-order valence-corrected chi connectivity index (χ4v) is 1.43. The third-order valence-electron chi connectivity index (χ3n) is 1.91. The van der Waals surface area contributed by atoms with Crippen LogP contribution in [0.2, 0.25) is 0 Å². The molecule has 13 heavy (non-hydrogen) atoms. The van der Waals surface area contributed by atoms with Crippen LogP contribution in [0.1, 0.15) is 10.4 Å². The molecule has 0 bridgehead atoms. The van der Waals surface area contributed by atoms with Crippen LogP contribution < -0.4 is 5.32 Å². The maximum atomic E-state index is 11.4. The number of Topliss-reactive ketones (excluding diaryl/α,β-unsaturated/α-hetero) is 1. The number of benzene rings is 1. The number of para-hydroxylation sites is 1. The Labute approximate surface area is 79.7 Å². The molecule has 0 aliphatic carbocycles. The molecule has 4 heteroatoms. The number of halogens is 1. The lowest BCUT2D eigenvalue weighted by molar-refractivity contribution is -0.115. The third kappa shape index (κ3) is 1.21. The van der Waals surface area contributed by atoms with Crippen LogP contribution in [0.15, 0.2) is 24.3 Å². The van der Waals surface area contributed by atoms with E-state index in [1.165, 1.54) is 0 Å². The fraction of sp³-hybridized carbons (Fsp3) is 0.111. The quantitative estimate of drug-likeness (QED) is 0.503. The van der Waals surface area contributed by atoms with Gasteiger partial charge in [-0.1, -0.05) is 12.1 Å². The summed E-state index contributed by atoms with van der Waals surface area (Å²) in [6.45, 7) is 0. The van der Waals surface area contributed by atoms with Gasteiger partial charge in [-0.15, -0.1) is 11.6 Å². The zero-order valence-corrected chi connectivity index (χ0v) is 7.34. The number of amides is 1. The van der Waals surface area contributed by atoms with Crippen LogP contribution in [0.5, 0.6) is 0 Å². The zero-order chi connectivity index (χ0) is 9.42. The summed E-state index contributed by atoms with van der Waals surface area (Å²) in [7, 11) is 0. The second-order valence-electron chi connectivity index (χ2n) is 2.76. The number of nitrogens with one attached hydrogen (secondary N) is 1. The van der Waals surface area contributed by atoms with Crippen molar-refractivity contribution >= 4 is 29.0 Å². The van der Waals surface area contributed by atoms with Crippen molar-refractivity contribution in [3.05, 3.63) is 29.8 Å². The molecule has 1 atom stereocenters. The summed E-state index contributed by atoms with van der Waals surface area (Å²) in [5.74, 6) is -0.786. The standard InChI is InChI=1S/C9H6ClNO2/c10-7-8(12)5-3-1-2-4-6(5)11-9(7)13/h1-4,7H,(H,11,13). The Morgan fingerprint density at radius 1 is 1.23 bits per heavy atom. The number of carbonyl (C=O) groups excluding carboxylic acids is 2. The first-order chi connectivity index (χ1) is 6.20. The Morgan fingerprint density at radius 2 is 1.92 bits per heavy atom. The summed E-state index contributed by atoms with van der Waals surface area (Å²) in [5.41, 5.74) is 1.01. The van der Waals surface area contributed by atoms with E-state index in [0.29, 0.717) is 11.3 Å². The number of fused-ring (bicyclic) bond motifs is 1. The number of ketones is 1. The topological polar surface area (TPSA) is 46.2 Å². The van der Waals surface area contributed by atoms with Crippen LogP contribution in [-0.4, -0.2) is 17.1 Å². The molecule has 0 fully saturated rings. The minimum Gasteiger partial charge on any atom is -0.324 e. The number of carbonyl (C=O) groups is 2. The van der Waals surface area contributed by atoms with Gasteiger partial charge in [0.05, 0.1) is 5.69 Å². The zero-order valence-electron chi connectivity index (χ0n) is 6.58. The molecule has 1 aromatic carbocycles. The van der Waals surface area contributed by atoms with Gasteiger partial charge in [0, 0.05) is 5.56 Å². The van der Waals surface area contributed by atoms with Crippen LogP contribution in [0.4, 0.5) is 5.69 Å². The summed E-state index contributed by atoms with van der Waals surface area (Å²) in [6.07, 6.45) is 0. The van der Waals surface area contributed by atoms with Crippen LogP contribution in [-0.2, 0) is 4.79 Å². The number of alkyl halides is 1. The average molecular weight is 196 g/mol. The Balaban J connectivity index is 2.55. The lowest BCUT2D eigenvalue weighted by Crippen LogP contribution is -2.35. The van der Waals surface area contributed by atoms with Crippen LogP contribution >= 0.6 is 11.6 Å². The molecule has 0 radical (unpaired) electrons. The van der Waals surface area contributed by atoms with Gasteiger partial charge >= 0.3 is 0 Å². The first kappa shape index (κ1) is 8.26. The predicted molar refractivity (Wildman–Crippen MR) is 49.0 cm³/mol. The van der Waals surface area contributed by atoms with Crippen LogP contribution in [0.25, 0.3) is 0 Å². The van der Waals surface area contributed by atoms with E-state index in [1.807, 2.05) is 0 Å². The molecule has 1 aliphatic rings. The lowest BCUT2D eigenvalue weighted by atomic mass is 10.0. The molecule has 0 aromatic heterocycles. The van der Waals surface area contributed by atoms with Gasteiger partial charge in [-0.05, 0) is 12.1 Å². The van der Waals surface area contributed by atoms with Crippen molar-refractivity contribution in [2.75, 3.05) is 5.32 Å². The molecule has 1 N–H and O–H groups in total. The van der Waals surface area contributed by atoms with Crippen LogP contribution in [0, 0.1) is 0 Å². The molecule has 0 saturated heterocycles. The minimum atomic E-state index is -1.09. The molecule has 3 nitrogen and oxygen atoms in total. The lowest BCUT2D eigenvalue weighted by Gasteiger charge is -2.18. The van der Waals surface area contributed by atoms with Crippen molar-refractivity contribution in [2.45, 2.75) is 5.38 Å².